The SMILES string of the molecule is CCOC(O)C(C)CCSC. The molecule has 68 valence electrons. The first kappa shape index (κ1) is 11.3. The highest BCUT2D eigenvalue weighted by Gasteiger charge is 2.12. The number of thioether (sulfide) groups is 1. The molecule has 0 saturated carbocycles. The molecule has 2 nitrogen and oxygen atoms in total. The highest BCUT2D eigenvalue weighted by Crippen LogP contribution is 2.12. The summed E-state index contributed by atoms with van der Waals surface area (Å²) in [5.74, 6) is 1.34. The minimum Gasteiger partial charge on any atom is -0.368 e. The van der Waals surface area contributed by atoms with Crippen LogP contribution in [0.4, 0.5) is 0 Å². The third kappa shape index (κ3) is 5.53. The zero-order valence-corrected chi connectivity index (χ0v) is 8.36. The van der Waals surface area contributed by atoms with Crippen LogP contribution in [0.2, 0.25) is 0 Å². The third-order valence-electron chi connectivity index (χ3n) is 1.60. The quantitative estimate of drug-likeness (QED) is 0.628. The van der Waals surface area contributed by atoms with Crippen LogP contribution in [0.5, 0.6) is 0 Å². The van der Waals surface area contributed by atoms with E-state index in [9.17, 15) is 5.11 Å². The molecule has 0 fully saturated rings. The van der Waals surface area contributed by atoms with Gasteiger partial charge in [-0.1, -0.05) is 6.92 Å². The van der Waals surface area contributed by atoms with Crippen LogP contribution in [0.25, 0.3) is 0 Å². The first-order chi connectivity index (χ1) is 5.22. The lowest BCUT2D eigenvalue weighted by molar-refractivity contribution is -0.126. The highest BCUT2D eigenvalue weighted by molar-refractivity contribution is 7.98. The summed E-state index contributed by atoms with van der Waals surface area (Å²) in [7, 11) is 0. The van der Waals surface area contributed by atoms with Gasteiger partial charge in [0, 0.05) is 12.5 Å². The zero-order valence-electron chi connectivity index (χ0n) is 7.54. The fourth-order valence-corrected chi connectivity index (χ4v) is 1.39. The van der Waals surface area contributed by atoms with E-state index < -0.39 is 6.29 Å². The molecule has 11 heavy (non-hydrogen) atoms. The Balaban J connectivity index is 3.38. The maximum Gasteiger partial charge on any atom is 0.157 e. The van der Waals surface area contributed by atoms with Crippen molar-refractivity contribution < 1.29 is 9.84 Å². The zero-order chi connectivity index (χ0) is 8.69. The summed E-state index contributed by atoms with van der Waals surface area (Å²) in [4.78, 5) is 0. The molecule has 0 aliphatic heterocycles. The summed E-state index contributed by atoms with van der Waals surface area (Å²) < 4.78 is 5.05. The molecule has 2 atom stereocenters. The molecule has 0 radical (unpaired) electrons. The van der Waals surface area contributed by atoms with E-state index in [4.69, 9.17) is 4.74 Å². The molecule has 1 N–H and O–H groups in total. The van der Waals surface area contributed by atoms with Crippen molar-refractivity contribution in [2.45, 2.75) is 26.6 Å². The Morgan fingerprint density at radius 3 is 2.64 bits per heavy atom. The Hall–Kier alpha value is 0.270. The van der Waals surface area contributed by atoms with Crippen molar-refractivity contribution in [1.82, 2.24) is 0 Å². The van der Waals surface area contributed by atoms with Crippen molar-refractivity contribution in [3.8, 4) is 0 Å². The standard InChI is InChI=1S/C8H18O2S/c1-4-10-8(9)7(2)5-6-11-3/h7-9H,4-6H2,1-3H3. The summed E-state index contributed by atoms with van der Waals surface area (Å²) in [5, 5.41) is 9.31. The minimum absolute atomic E-state index is 0.252. The number of aliphatic hydroxyl groups excluding tert-OH is 1. The van der Waals surface area contributed by atoms with Gasteiger partial charge in [0.05, 0.1) is 0 Å². The molecule has 0 aromatic heterocycles. The average molecular weight is 178 g/mol. The Kier molecular flexibility index (Phi) is 7.12. The summed E-state index contributed by atoms with van der Waals surface area (Å²) in [6, 6.07) is 0. The predicted octanol–water partition coefficient (Wildman–Crippen LogP) is 1.73. The van der Waals surface area contributed by atoms with Gasteiger partial charge in [0.1, 0.15) is 0 Å². The first-order valence-electron chi connectivity index (χ1n) is 4.01. The van der Waals surface area contributed by atoms with E-state index in [2.05, 4.69) is 6.26 Å². The van der Waals surface area contributed by atoms with Gasteiger partial charge in [0.2, 0.25) is 0 Å². The molecule has 0 aromatic carbocycles. The number of aliphatic hydroxyl groups is 1. The highest BCUT2D eigenvalue weighted by atomic mass is 32.2. The molecule has 0 spiro atoms. The van der Waals surface area contributed by atoms with Crippen LogP contribution >= 0.6 is 11.8 Å². The molecule has 0 aliphatic carbocycles. The second-order valence-corrected chi connectivity index (χ2v) is 3.59. The van der Waals surface area contributed by atoms with Crippen molar-refractivity contribution in [1.29, 1.82) is 0 Å². The van der Waals surface area contributed by atoms with Crippen molar-refractivity contribution in [3.63, 3.8) is 0 Å². The number of rotatable bonds is 6. The van der Waals surface area contributed by atoms with Crippen LogP contribution in [-0.2, 0) is 4.74 Å². The van der Waals surface area contributed by atoms with Crippen LogP contribution in [-0.4, -0.2) is 30.0 Å². The largest absolute Gasteiger partial charge is 0.368 e. The van der Waals surface area contributed by atoms with E-state index in [1.807, 2.05) is 13.8 Å². The van der Waals surface area contributed by atoms with Crippen molar-refractivity contribution in [3.05, 3.63) is 0 Å². The molecule has 0 rings (SSSR count). The summed E-state index contributed by atoms with van der Waals surface area (Å²) in [6.45, 7) is 4.49. The van der Waals surface area contributed by atoms with E-state index >= 15 is 0 Å². The minimum atomic E-state index is -0.577. The van der Waals surface area contributed by atoms with Gasteiger partial charge in [0.15, 0.2) is 6.29 Å². The molecule has 3 heteroatoms. The number of hydrogen-bond donors (Lipinski definition) is 1. The smallest absolute Gasteiger partial charge is 0.157 e. The van der Waals surface area contributed by atoms with Gasteiger partial charge in [-0.05, 0) is 25.4 Å². The maximum atomic E-state index is 9.31. The van der Waals surface area contributed by atoms with Gasteiger partial charge in [-0.3, -0.25) is 0 Å². The second kappa shape index (κ2) is 6.95. The van der Waals surface area contributed by atoms with Crippen LogP contribution in [0, 0.1) is 5.92 Å². The monoisotopic (exact) mass is 178 g/mol. The molecule has 0 saturated heterocycles. The van der Waals surface area contributed by atoms with Crippen LogP contribution in [0.1, 0.15) is 20.3 Å². The average Bonchev–Trinajstić information content (AvgIpc) is 2.00. The van der Waals surface area contributed by atoms with Gasteiger partial charge in [-0.2, -0.15) is 11.8 Å². The molecule has 0 amide bonds. The van der Waals surface area contributed by atoms with E-state index in [0.717, 1.165) is 12.2 Å². The van der Waals surface area contributed by atoms with E-state index in [1.54, 1.807) is 11.8 Å². The Morgan fingerprint density at radius 1 is 1.55 bits per heavy atom. The second-order valence-electron chi connectivity index (χ2n) is 2.60. The lowest BCUT2D eigenvalue weighted by atomic mass is 10.1. The van der Waals surface area contributed by atoms with Gasteiger partial charge in [-0.15, -0.1) is 0 Å². The van der Waals surface area contributed by atoms with E-state index in [1.165, 1.54) is 0 Å². The number of hydrogen-bond acceptors (Lipinski definition) is 3. The summed E-state index contributed by atoms with van der Waals surface area (Å²) in [6.07, 6.45) is 2.51. The molecule has 0 bridgehead atoms. The lowest BCUT2D eigenvalue weighted by Crippen LogP contribution is -2.21. The van der Waals surface area contributed by atoms with Crippen LogP contribution in [0.3, 0.4) is 0 Å². The van der Waals surface area contributed by atoms with Gasteiger partial charge in [-0.25, -0.2) is 0 Å². The fourth-order valence-electron chi connectivity index (χ4n) is 0.781. The van der Waals surface area contributed by atoms with Crippen molar-refractivity contribution in [2.24, 2.45) is 5.92 Å². The van der Waals surface area contributed by atoms with E-state index in [-0.39, 0.29) is 5.92 Å². The first-order valence-corrected chi connectivity index (χ1v) is 5.40. The Labute approximate surface area is 73.3 Å². The van der Waals surface area contributed by atoms with Gasteiger partial charge in [0.25, 0.3) is 0 Å². The van der Waals surface area contributed by atoms with Gasteiger partial charge >= 0.3 is 0 Å². The fraction of sp³-hybridized carbons (Fsp3) is 1.00. The topological polar surface area (TPSA) is 29.5 Å². The van der Waals surface area contributed by atoms with Gasteiger partial charge < -0.3 is 9.84 Å². The maximum absolute atomic E-state index is 9.31. The normalized spacial score (nSPS) is 16.4. The predicted molar refractivity (Wildman–Crippen MR) is 49.8 cm³/mol. The Morgan fingerprint density at radius 2 is 2.18 bits per heavy atom. The Bertz CT molecular complexity index is 88.2. The van der Waals surface area contributed by atoms with Crippen molar-refractivity contribution >= 4 is 11.8 Å². The lowest BCUT2D eigenvalue weighted by Gasteiger charge is -2.17. The summed E-state index contributed by atoms with van der Waals surface area (Å²) >= 11 is 1.80. The number of ether oxygens (including phenoxy) is 1. The molecule has 2 unspecified atom stereocenters. The molecular formula is C8H18O2S. The molecule has 0 aliphatic rings. The summed E-state index contributed by atoms with van der Waals surface area (Å²) in [5.41, 5.74) is 0. The third-order valence-corrected chi connectivity index (χ3v) is 2.25. The van der Waals surface area contributed by atoms with Crippen molar-refractivity contribution in [2.75, 3.05) is 18.6 Å². The van der Waals surface area contributed by atoms with Crippen LogP contribution in [0.15, 0.2) is 0 Å². The molecule has 0 aromatic rings. The van der Waals surface area contributed by atoms with Crippen LogP contribution < -0.4 is 0 Å². The van der Waals surface area contributed by atoms with E-state index in [0.29, 0.717) is 6.61 Å². The molecular weight excluding hydrogens is 160 g/mol. The molecule has 0 heterocycles.